The smallest absolute Gasteiger partial charge is 0.266 e. The fourth-order valence-corrected chi connectivity index (χ4v) is 1.92. The van der Waals surface area contributed by atoms with E-state index in [0.29, 0.717) is 11.3 Å². The summed E-state index contributed by atoms with van der Waals surface area (Å²) in [7, 11) is 0. The molecule has 0 aliphatic carbocycles. The van der Waals surface area contributed by atoms with Crippen LogP contribution in [-0.4, -0.2) is 21.8 Å². The van der Waals surface area contributed by atoms with Crippen LogP contribution in [0.25, 0.3) is 0 Å². The van der Waals surface area contributed by atoms with Gasteiger partial charge in [0.25, 0.3) is 11.8 Å². The van der Waals surface area contributed by atoms with Gasteiger partial charge >= 0.3 is 0 Å². The first-order valence-corrected chi connectivity index (χ1v) is 6.97. The number of benzene rings is 1. The number of carbonyl (C=O) groups excluding carboxylic acids is 2. The van der Waals surface area contributed by atoms with Crippen molar-refractivity contribution < 1.29 is 9.59 Å². The number of amides is 2. The number of nitrogens with zero attached hydrogens (tertiary/aromatic N) is 2. The van der Waals surface area contributed by atoms with Crippen LogP contribution in [0, 0.1) is 6.92 Å². The number of hydrogen-bond acceptors (Lipinski definition) is 5. The van der Waals surface area contributed by atoms with Gasteiger partial charge in [-0.2, -0.15) is 0 Å². The molecule has 2 amide bonds. The minimum Gasteiger partial charge on any atom is -0.364 e. The molecule has 0 fully saturated rings. The largest absolute Gasteiger partial charge is 0.364 e. The summed E-state index contributed by atoms with van der Waals surface area (Å²) in [5.74, 6) is -1.08. The lowest BCUT2D eigenvalue weighted by Gasteiger charge is -2.08. The van der Waals surface area contributed by atoms with Gasteiger partial charge in [0.1, 0.15) is 10.9 Å². The monoisotopic (exact) mass is 331 g/mol. The molecule has 0 spiro atoms. The Hall–Kier alpha value is -2.93. The summed E-state index contributed by atoms with van der Waals surface area (Å²) in [6, 6.07) is 10.0. The van der Waals surface area contributed by atoms with Gasteiger partial charge in [-0.25, -0.2) is 9.97 Å². The standard InChI is InChI=1S/C15H14ClN5O2/c1-9-7-12(16)21-15(19-9)18-8-11(13(17)22)20-14(23)10-5-3-2-4-6-10/h2-8H,1H3,(H2,17,22)(H,20,23)(H,18,19,21)/b11-8-. The fourth-order valence-electron chi connectivity index (χ4n) is 1.68. The molecule has 1 aromatic carbocycles. The highest BCUT2D eigenvalue weighted by Crippen LogP contribution is 2.09. The molecule has 2 aromatic rings. The lowest BCUT2D eigenvalue weighted by atomic mass is 10.2. The second kappa shape index (κ2) is 7.37. The van der Waals surface area contributed by atoms with Gasteiger partial charge in [-0.3, -0.25) is 9.59 Å². The summed E-state index contributed by atoms with van der Waals surface area (Å²) < 4.78 is 0. The van der Waals surface area contributed by atoms with Crippen LogP contribution >= 0.6 is 11.6 Å². The van der Waals surface area contributed by atoms with E-state index in [1.54, 1.807) is 43.3 Å². The van der Waals surface area contributed by atoms with Crippen LogP contribution in [0.1, 0.15) is 16.1 Å². The van der Waals surface area contributed by atoms with E-state index >= 15 is 0 Å². The van der Waals surface area contributed by atoms with Crippen molar-refractivity contribution in [3.63, 3.8) is 0 Å². The van der Waals surface area contributed by atoms with Gasteiger partial charge in [0.2, 0.25) is 5.95 Å². The van der Waals surface area contributed by atoms with Crippen molar-refractivity contribution in [1.82, 2.24) is 15.3 Å². The van der Waals surface area contributed by atoms with E-state index in [-0.39, 0.29) is 16.8 Å². The van der Waals surface area contributed by atoms with Crippen molar-refractivity contribution in [1.29, 1.82) is 0 Å². The van der Waals surface area contributed by atoms with Crippen LogP contribution in [0.5, 0.6) is 0 Å². The molecule has 23 heavy (non-hydrogen) atoms. The predicted octanol–water partition coefficient (Wildman–Crippen LogP) is 1.61. The molecule has 0 radical (unpaired) electrons. The Morgan fingerprint density at radius 3 is 2.52 bits per heavy atom. The van der Waals surface area contributed by atoms with E-state index in [0.717, 1.165) is 0 Å². The number of nitrogens with two attached hydrogens (primary N) is 1. The molecular formula is C15H14ClN5O2. The number of nitrogens with one attached hydrogen (secondary N) is 2. The van der Waals surface area contributed by atoms with Crippen LogP contribution in [0.4, 0.5) is 5.95 Å². The molecule has 118 valence electrons. The molecule has 1 aromatic heterocycles. The van der Waals surface area contributed by atoms with E-state index in [4.69, 9.17) is 17.3 Å². The molecule has 0 aliphatic rings. The third kappa shape index (κ3) is 4.79. The van der Waals surface area contributed by atoms with Crippen LogP contribution in [0.2, 0.25) is 5.15 Å². The highest BCUT2D eigenvalue weighted by molar-refractivity contribution is 6.29. The zero-order chi connectivity index (χ0) is 16.8. The van der Waals surface area contributed by atoms with E-state index < -0.39 is 11.8 Å². The Morgan fingerprint density at radius 1 is 1.22 bits per heavy atom. The summed E-state index contributed by atoms with van der Waals surface area (Å²) in [6.45, 7) is 1.74. The third-order valence-corrected chi connectivity index (χ3v) is 2.91. The lowest BCUT2D eigenvalue weighted by molar-refractivity contribution is -0.114. The van der Waals surface area contributed by atoms with Gasteiger partial charge in [0.15, 0.2) is 0 Å². The molecular weight excluding hydrogens is 318 g/mol. The third-order valence-electron chi connectivity index (χ3n) is 2.72. The number of aromatic nitrogens is 2. The van der Waals surface area contributed by atoms with E-state index in [1.807, 2.05) is 0 Å². The SMILES string of the molecule is Cc1cc(Cl)nc(N/C=C(\NC(=O)c2ccccc2)C(N)=O)n1. The first-order valence-electron chi connectivity index (χ1n) is 6.60. The molecule has 0 saturated heterocycles. The van der Waals surface area contributed by atoms with Crippen molar-refractivity contribution in [2.75, 3.05) is 5.32 Å². The van der Waals surface area contributed by atoms with E-state index in [2.05, 4.69) is 20.6 Å². The van der Waals surface area contributed by atoms with Crippen molar-refractivity contribution in [3.8, 4) is 0 Å². The Bertz CT molecular complexity index is 741. The lowest BCUT2D eigenvalue weighted by Crippen LogP contribution is -2.31. The first kappa shape index (κ1) is 16.4. The molecule has 0 atom stereocenters. The number of anilines is 1. The van der Waals surface area contributed by atoms with Crippen LogP contribution in [0.15, 0.2) is 48.3 Å². The molecule has 0 aliphatic heterocycles. The maximum atomic E-state index is 12.0. The number of carbonyl (C=O) groups is 2. The maximum absolute atomic E-state index is 12.0. The fraction of sp³-hybridized carbons (Fsp3) is 0.0667. The highest BCUT2D eigenvalue weighted by atomic mass is 35.5. The minimum absolute atomic E-state index is 0.125. The minimum atomic E-state index is -0.805. The Morgan fingerprint density at radius 2 is 1.91 bits per heavy atom. The van der Waals surface area contributed by atoms with Gasteiger partial charge < -0.3 is 16.4 Å². The molecule has 8 heteroatoms. The molecule has 0 bridgehead atoms. The number of halogens is 1. The number of aryl methyl sites for hydroxylation is 1. The van der Waals surface area contributed by atoms with Gasteiger partial charge in [0, 0.05) is 17.5 Å². The van der Waals surface area contributed by atoms with Crippen LogP contribution in [-0.2, 0) is 4.79 Å². The zero-order valence-electron chi connectivity index (χ0n) is 12.2. The van der Waals surface area contributed by atoms with Gasteiger partial charge in [-0.15, -0.1) is 0 Å². The number of primary amides is 1. The van der Waals surface area contributed by atoms with Gasteiger partial charge in [-0.1, -0.05) is 29.8 Å². The number of hydrogen-bond donors (Lipinski definition) is 3. The zero-order valence-corrected chi connectivity index (χ0v) is 13.0. The molecule has 2 rings (SSSR count). The second-order valence-corrected chi connectivity index (χ2v) is 4.93. The summed E-state index contributed by atoms with van der Waals surface area (Å²) >= 11 is 5.82. The van der Waals surface area contributed by atoms with Crippen molar-refractivity contribution >= 4 is 29.4 Å². The summed E-state index contributed by atoms with van der Waals surface area (Å²) in [4.78, 5) is 31.5. The quantitative estimate of drug-likeness (QED) is 0.569. The molecule has 1 heterocycles. The van der Waals surface area contributed by atoms with Crippen LogP contribution < -0.4 is 16.4 Å². The second-order valence-electron chi connectivity index (χ2n) is 4.54. The number of rotatable bonds is 5. The van der Waals surface area contributed by atoms with Crippen LogP contribution in [0.3, 0.4) is 0 Å². The van der Waals surface area contributed by atoms with Gasteiger partial charge in [0.05, 0.1) is 0 Å². The Balaban J connectivity index is 2.15. The highest BCUT2D eigenvalue weighted by Gasteiger charge is 2.11. The van der Waals surface area contributed by atoms with Gasteiger partial charge in [-0.05, 0) is 25.1 Å². The first-order chi connectivity index (χ1) is 11.0. The summed E-state index contributed by atoms with van der Waals surface area (Å²) in [6.07, 6.45) is 1.22. The summed E-state index contributed by atoms with van der Waals surface area (Å²) in [5, 5.41) is 5.36. The normalized spacial score (nSPS) is 11.0. The molecule has 7 nitrogen and oxygen atoms in total. The summed E-state index contributed by atoms with van der Waals surface area (Å²) in [5.41, 5.74) is 6.18. The Kier molecular flexibility index (Phi) is 5.27. The van der Waals surface area contributed by atoms with E-state index in [1.165, 1.54) is 6.20 Å². The van der Waals surface area contributed by atoms with Crippen molar-refractivity contribution in [2.24, 2.45) is 5.73 Å². The Labute approximate surface area is 137 Å². The predicted molar refractivity (Wildman–Crippen MR) is 86.6 cm³/mol. The maximum Gasteiger partial charge on any atom is 0.266 e. The average Bonchev–Trinajstić information content (AvgIpc) is 2.50. The molecule has 4 N–H and O–H groups in total. The van der Waals surface area contributed by atoms with Crippen molar-refractivity contribution in [3.05, 3.63) is 64.7 Å². The van der Waals surface area contributed by atoms with E-state index in [9.17, 15) is 9.59 Å². The topological polar surface area (TPSA) is 110 Å². The molecule has 0 unspecified atom stereocenters. The van der Waals surface area contributed by atoms with Crippen molar-refractivity contribution in [2.45, 2.75) is 6.92 Å². The average molecular weight is 332 g/mol. The molecule has 0 saturated carbocycles.